The number of rotatable bonds is 6. The van der Waals surface area contributed by atoms with Crippen molar-refractivity contribution < 1.29 is 13.2 Å². The average molecular weight is 426 g/mol. The van der Waals surface area contributed by atoms with E-state index in [1.807, 2.05) is 0 Å². The summed E-state index contributed by atoms with van der Waals surface area (Å²) in [4.78, 5) is 4.20. The number of aromatic nitrogens is 2. The zero-order valence-electron chi connectivity index (χ0n) is 14.6. The van der Waals surface area contributed by atoms with Crippen LogP contribution in [0.3, 0.4) is 0 Å². The molecule has 9 heteroatoms. The highest BCUT2D eigenvalue weighted by molar-refractivity contribution is 7.89. The van der Waals surface area contributed by atoms with Gasteiger partial charge in [0.1, 0.15) is 22.5 Å². The lowest BCUT2D eigenvalue weighted by atomic mass is 10.1. The SMILES string of the molecule is COc1cccc(C(NS(=O)(=O)c2cccc(Cl)c2Cl)c2nccn2C)c1. The maximum absolute atomic E-state index is 13.0. The van der Waals surface area contributed by atoms with Gasteiger partial charge in [-0.15, -0.1) is 0 Å². The lowest BCUT2D eigenvalue weighted by Gasteiger charge is -2.20. The number of imidazole rings is 1. The fraction of sp³-hybridized carbons (Fsp3) is 0.167. The van der Waals surface area contributed by atoms with Crippen LogP contribution in [0.1, 0.15) is 17.4 Å². The summed E-state index contributed by atoms with van der Waals surface area (Å²) in [6.45, 7) is 0. The highest BCUT2D eigenvalue weighted by atomic mass is 35.5. The van der Waals surface area contributed by atoms with Crippen LogP contribution in [0.25, 0.3) is 0 Å². The largest absolute Gasteiger partial charge is 0.497 e. The van der Waals surface area contributed by atoms with Crippen LogP contribution in [0.4, 0.5) is 0 Å². The van der Waals surface area contributed by atoms with Crippen LogP contribution in [0.5, 0.6) is 5.75 Å². The summed E-state index contributed by atoms with van der Waals surface area (Å²) in [5.74, 6) is 1.12. The molecule has 142 valence electrons. The molecule has 0 amide bonds. The van der Waals surface area contributed by atoms with E-state index in [9.17, 15) is 8.42 Å². The van der Waals surface area contributed by atoms with Crippen LogP contribution in [0.15, 0.2) is 59.8 Å². The molecule has 0 fully saturated rings. The van der Waals surface area contributed by atoms with Gasteiger partial charge >= 0.3 is 0 Å². The molecule has 1 unspecified atom stereocenters. The summed E-state index contributed by atoms with van der Waals surface area (Å²) in [5, 5.41) is 0.130. The van der Waals surface area contributed by atoms with Crippen molar-refractivity contribution in [1.29, 1.82) is 0 Å². The van der Waals surface area contributed by atoms with Crippen molar-refractivity contribution in [2.45, 2.75) is 10.9 Å². The second-order valence-corrected chi connectivity index (χ2v) is 8.25. The monoisotopic (exact) mass is 425 g/mol. The van der Waals surface area contributed by atoms with E-state index >= 15 is 0 Å². The van der Waals surface area contributed by atoms with Gasteiger partial charge in [0.25, 0.3) is 0 Å². The van der Waals surface area contributed by atoms with E-state index < -0.39 is 16.1 Å². The zero-order chi connectivity index (χ0) is 19.6. The Morgan fingerprint density at radius 1 is 1.19 bits per heavy atom. The Hall–Kier alpha value is -2.06. The maximum atomic E-state index is 13.0. The zero-order valence-corrected chi connectivity index (χ0v) is 16.9. The standard InChI is InChI=1S/C18H17Cl2N3O3S/c1-23-10-9-21-18(23)17(12-5-3-6-13(11-12)26-2)22-27(24,25)15-8-4-7-14(19)16(15)20/h3-11,17,22H,1-2H3. The average Bonchev–Trinajstić information content (AvgIpc) is 3.07. The molecule has 0 saturated carbocycles. The molecule has 27 heavy (non-hydrogen) atoms. The maximum Gasteiger partial charge on any atom is 0.243 e. The molecule has 6 nitrogen and oxygen atoms in total. The van der Waals surface area contributed by atoms with Gasteiger partial charge in [0.15, 0.2) is 0 Å². The predicted molar refractivity (Wildman–Crippen MR) is 105 cm³/mol. The minimum Gasteiger partial charge on any atom is -0.497 e. The van der Waals surface area contributed by atoms with Gasteiger partial charge < -0.3 is 9.30 Å². The Bertz CT molecular complexity index is 1070. The highest BCUT2D eigenvalue weighted by Crippen LogP contribution is 2.31. The number of sulfonamides is 1. The third kappa shape index (κ3) is 4.11. The molecule has 0 aliphatic heterocycles. The summed E-state index contributed by atoms with van der Waals surface area (Å²) >= 11 is 12.1. The number of ether oxygens (including phenoxy) is 1. The Labute approximate surface area is 167 Å². The predicted octanol–water partition coefficient (Wildman–Crippen LogP) is 3.80. The van der Waals surface area contributed by atoms with Crippen LogP contribution in [0.2, 0.25) is 10.0 Å². The Kier molecular flexibility index (Phi) is 5.76. The summed E-state index contributed by atoms with van der Waals surface area (Å²) in [7, 11) is -0.649. The van der Waals surface area contributed by atoms with Crippen molar-refractivity contribution in [3.63, 3.8) is 0 Å². The van der Waals surface area contributed by atoms with Gasteiger partial charge in [-0.3, -0.25) is 0 Å². The van der Waals surface area contributed by atoms with Crippen molar-refractivity contribution in [3.05, 3.63) is 76.3 Å². The van der Waals surface area contributed by atoms with Gasteiger partial charge in [-0.25, -0.2) is 13.4 Å². The molecule has 1 atom stereocenters. The first-order valence-corrected chi connectivity index (χ1v) is 10.1. The van der Waals surface area contributed by atoms with Gasteiger partial charge in [-0.1, -0.05) is 41.4 Å². The van der Waals surface area contributed by atoms with Gasteiger partial charge in [-0.2, -0.15) is 4.72 Å². The highest BCUT2D eigenvalue weighted by Gasteiger charge is 2.28. The molecule has 3 aromatic rings. The van der Waals surface area contributed by atoms with Crippen LogP contribution in [0, 0.1) is 0 Å². The summed E-state index contributed by atoms with van der Waals surface area (Å²) < 4.78 is 35.7. The van der Waals surface area contributed by atoms with Crippen molar-refractivity contribution in [3.8, 4) is 5.75 Å². The number of methoxy groups -OCH3 is 1. The number of hydrogen-bond acceptors (Lipinski definition) is 4. The fourth-order valence-corrected chi connectivity index (χ4v) is 4.60. The second kappa shape index (κ2) is 7.90. The van der Waals surface area contributed by atoms with Crippen molar-refractivity contribution in [1.82, 2.24) is 14.3 Å². The molecule has 1 heterocycles. The first kappa shape index (κ1) is 19.7. The number of benzene rings is 2. The van der Waals surface area contributed by atoms with Crippen molar-refractivity contribution in [2.75, 3.05) is 7.11 Å². The van der Waals surface area contributed by atoms with Gasteiger partial charge in [0, 0.05) is 19.4 Å². The summed E-state index contributed by atoms with van der Waals surface area (Å²) in [5.41, 5.74) is 0.672. The molecular weight excluding hydrogens is 409 g/mol. The first-order chi connectivity index (χ1) is 12.8. The second-order valence-electron chi connectivity index (χ2n) is 5.78. The molecule has 0 spiro atoms. The van der Waals surface area contributed by atoms with Crippen LogP contribution in [-0.4, -0.2) is 25.1 Å². The van der Waals surface area contributed by atoms with E-state index in [0.717, 1.165) is 0 Å². The minimum absolute atomic E-state index is 0.0316. The quantitative estimate of drug-likeness (QED) is 0.651. The van der Waals surface area contributed by atoms with Gasteiger partial charge in [-0.05, 0) is 29.8 Å². The third-order valence-corrected chi connectivity index (χ3v) is 6.42. The van der Waals surface area contributed by atoms with E-state index in [1.54, 1.807) is 55.4 Å². The molecule has 0 aliphatic rings. The third-order valence-electron chi connectivity index (χ3n) is 4.02. The van der Waals surface area contributed by atoms with E-state index in [1.165, 1.54) is 18.2 Å². The Morgan fingerprint density at radius 3 is 2.59 bits per heavy atom. The number of halogens is 2. The molecule has 1 N–H and O–H groups in total. The summed E-state index contributed by atoms with van der Waals surface area (Å²) in [6.07, 6.45) is 3.34. The lowest BCUT2D eigenvalue weighted by Crippen LogP contribution is -2.31. The van der Waals surface area contributed by atoms with Gasteiger partial charge in [0.2, 0.25) is 10.0 Å². The fourth-order valence-electron chi connectivity index (χ4n) is 2.66. The van der Waals surface area contributed by atoms with Crippen LogP contribution < -0.4 is 9.46 Å². The van der Waals surface area contributed by atoms with E-state index in [-0.39, 0.29) is 14.9 Å². The van der Waals surface area contributed by atoms with Crippen molar-refractivity contribution >= 4 is 33.2 Å². The Morgan fingerprint density at radius 2 is 1.93 bits per heavy atom. The van der Waals surface area contributed by atoms with Crippen LogP contribution >= 0.6 is 23.2 Å². The molecule has 0 bridgehead atoms. The first-order valence-electron chi connectivity index (χ1n) is 7.91. The smallest absolute Gasteiger partial charge is 0.243 e. The van der Waals surface area contributed by atoms with E-state index in [4.69, 9.17) is 27.9 Å². The Balaban J connectivity index is 2.09. The molecule has 2 aromatic carbocycles. The number of hydrogen-bond donors (Lipinski definition) is 1. The normalized spacial score (nSPS) is 12.7. The molecule has 0 radical (unpaired) electrons. The molecule has 0 saturated heterocycles. The summed E-state index contributed by atoms with van der Waals surface area (Å²) in [6, 6.07) is 10.8. The molecular formula is C18H17Cl2N3O3S. The van der Waals surface area contributed by atoms with E-state index in [2.05, 4.69) is 9.71 Å². The molecule has 1 aromatic heterocycles. The number of aryl methyl sites for hydroxylation is 1. The lowest BCUT2D eigenvalue weighted by molar-refractivity contribution is 0.413. The molecule has 0 aliphatic carbocycles. The van der Waals surface area contributed by atoms with Crippen molar-refractivity contribution in [2.24, 2.45) is 7.05 Å². The van der Waals surface area contributed by atoms with E-state index in [0.29, 0.717) is 17.1 Å². The van der Waals surface area contributed by atoms with Crippen LogP contribution in [-0.2, 0) is 17.1 Å². The topological polar surface area (TPSA) is 73.2 Å². The molecule has 3 rings (SSSR count). The van der Waals surface area contributed by atoms with Gasteiger partial charge in [0.05, 0.1) is 17.2 Å². The number of nitrogens with zero attached hydrogens (tertiary/aromatic N) is 2. The number of nitrogens with one attached hydrogen (secondary N) is 1. The minimum atomic E-state index is -3.98.